The van der Waals surface area contributed by atoms with Gasteiger partial charge < -0.3 is 5.32 Å². The maximum Gasteiger partial charge on any atom is 0.0334 e. The van der Waals surface area contributed by atoms with Gasteiger partial charge in [0.25, 0.3) is 0 Å². The lowest BCUT2D eigenvalue weighted by atomic mass is 9.89. The van der Waals surface area contributed by atoms with Crippen molar-refractivity contribution in [3.05, 3.63) is 32.7 Å². The minimum absolute atomic E-state index is 0.472. The maximum absolute atomic E-state index is 3.77. The second kappa shape index (κ2) is 9.32. The first-order valence-corrected chi connectivity index (χ1v) is 9.97. The highest BCUT2D eigenvalue weighted by atomic mass is 79.9. The molecule has 1 atom stereocenters. The normalized spacial score (nSPS) is 18.4. The molecule has 1 nitrogen and oxygen atoms in total. The van der Waals surface area contributed by atoms with Crippen molar-refractivity contribution in [1.82, 2.24) is 5.32 Å². The van der Waals surface area contributed by atoms with Gasteiger partial charge in [-0.25, -0.2) is 0 Å². The molecule has 1 aliphatic rings. The van der Waals surface area contributed by atoms with Crippen molar-refractivity contribution in [1.29, 1.82) is 0 Å². The van der Waals surface area contributed by atoms with Gasteiger partial charge in [0.2, 0.25) is 0 Å². The molecule has 1 aromatic rings. The van der Waals surface area contributed by atoms with Gasteiger partial charge in [0.15, 0.2) is 0 Å². The summed E-state index contributed by atoms with van der Waals surface area (Å²) in [7, 11) is 0. The topological polar surface area (TPSA) is 12.0 Å². The summed E-state index contributed by atoms with van der Waals surface area (Å²) in [6.45, 7) is 3.34. The van der Waals surface area contributed by atoms with Crippen molar-refractivity contribution in [2.45, 2.75) is 64.3 Å². The highest BCUT2D eigenvalue weighted by Gasteiger charge is 2.21. The molecule has 1 aliphatic carbocycles. The Morgan fingerprint density at radius 2 is 1.86 bits per heavy atom. The summed E-state index contributed by atoms with van der Waals surface area (Å²) in [6.07, 6.45) is 11.0. The van der Waals surface area contributed by atoms with Crippen molar-refractivity contribution in [3.63, 3.8) is 0 Å². The Morgan fingerprint density at radius 3 is 2.52 bits per heavy atom. The molecule has 0 amide bonds. The van der Waals surface area contributed by atoms with Crippen molar-refractivity contribution in [2.75, 3.05) is 6.54 Å². The van der Waals surface area contributed by atoms with E-state index in [1.807, 2.05) is 0 Å². The summed E-state index contributed by atoms with van der Waals surface area (Å²) in [6, 6.07) is 7.01. The number of nitrogens with one attached hydrogen (secondary N) is 1. The molecule has 1 N–H and O–H groups in total. The summed E-state index contributed by atoms with van der Waals surface area (Å²) in [5.41, 5.74) is 1.40. The van der Waals surface area contributed by atoms with E-state index >= 15 is 0 Å². The molecule has 21 heavy (non-hydrogen) atoms. The Hall–Kier alpha value is 0.140. The molecule has 0 bridgehead atoms. The van der Waals surface area contributed by atoms with Crippen LogP contribution in [0.2, 0.25) is 0 Å². The molecular formula is C18H27Br2N. The zero-order valence-corrected chi connectivity index (χ0v) is 16.2. The second-order valence-electron chi connectivity index (χ2n) is 6.27. The van der Waals surface area contributed by atoms with E-state index in [0.717, 1.165) is 12.5 Å². The third-order valence-electron chi connectivity index (χ3n) is 4.52. The lowest BCUT2D eigenvalue weighted by Gasteiger charge is -2.25. The van der Waals surface area contributed by atoms with E-state index in [9.17, 15) is 0 Å². The summed E-state index contributed by atoms with van der Waals surface area (Å²) in [5, 5.41) is 3.77. The van der Waals surface area contributed by atoms with Gasteiger partial charge in [0.05, 0.1) is 0 Å². The molecule has 2 rings (SSSR count). The first-order valence-electron chi connectivity index (χ1n) is 8.39. The maximum atomic E-state index is 3.77. The van der Waals surface area contributed by atoms with E-state index < -0.39 is 0 Å². The molecule has 1 fully saturated rings. The molecule has 0 radical (unpaired) electrons. The van der Waals surface area contributed by atoms with Crippen molar-refractivity contribution in [2.24, 2.45) is 5.92 Å². The molecule has 0 spiro atoms. The van der Waals surface area contributed by atoms with Crippen molar-refractivity contribution in [3.8, 4) is 0 Å². The lowest BCUT2D eigenvalue weighted by Crippen LogP contribution is -2.25. The van der Waals surface area contributed by atoms with Gasteiger partial charge in [-0.1, -0.05) is 77.3 Å². The molecule has 118 valence electrons. The quantitative estimate of drug-likeness (QED) is 0.514. The summed E-state index contributed by atoms with van der Waals surface area (Å²) in [4.78, 5) is 0. The van der Waals surface area contributed by atoms with Crippen LogP contribution in [0.1, 0.15) is 69.9 Å². The molecule has 1 saturated carbocycles. The minimum Gasteiger partial charge on any atom is -0.310 e. The monoisotopic (exact) mass is 415 g/mol. The highest BCUT2D eigenvalue weighted by molar-refractivity contribution is 9.11. The Morgan fingerprint density at radius 1 is 1.14 bits per heavy atom. The summed E-state index contributed by atoms with van der Waals surface area (Å²) < 4.78 is 2.40. The molecule has 0 saturated heterocycles. The fraction of sp³-hybridized carbons (Fsp3) is 0.667. The predicted octanol–water partition coefficient (Wildman–Crippen LogP) is 6.61. The van der Waals surface area contributed by atoms with Crippen LogP contribution in [0.3, 0.4) is 0 Å². The minimum atomic E-state index is 0.472. The van der Waals surface area contributed by atoms with Gasteiger partial charge in [0, 0.05) is 15.0 Å². The second-order valence-corrected chi connectivity index (χ2v) is 8.04. The van der Waals surface area contributed by atoms with Gasteiger partial charge in [-0.2, -0.15) is 0 Å². The number of hydrogen-bond donors (Lipinski definition) is 1. The highest BCUT2D eigenvalue weighted by Crippen LogP contribution is 2.35. The fourth-order valence-electron chi connectivity index (χ4n) is 3.35. The Labute approximate surface area is 146 Å². The number of hydrogen-bond acceptors (Lipinski definition) is 1. The van der Waals surface area contributed by atoms with Crippen LogP contribution >= 0.6 is 31.9 Å². The third-order valence-corrected chi connectivity index (χ3v) is 5.73. The fourth-order valence-corrected chi connectivity index (χ4v) is 4.26. The molecule has 1 unspecified atom stereocenters. The van der Waals surface area contributed by atoms with E-state index in [0.29, 0.717) is 6.04 Å². The van der Waals surface area contributed by atoms with Gasteiger partial charge in [-0.05, 0) is 49.1 Å². The van der Waals surface area contributed by atoms with Crippen LogP contribution in [-0.4, -0.2) is 6.54 Å². The SMILES string of the molecule is CCCNC(CC1CCCCCC1)c1cc(Br)ccc1Br. The number of halogens is 2. The first kappa shape index (κ1) is 17.5. The first-order chi connectivity index (χ1) is 10.2. The average molecular weight is 417 g/mol. The van der Waals surface area contributed by atoms with E-state index in [1.54, 1.807) is 0 Å². The van der Waals surface area contributed by atoms with Crippen LogP contribution in [0.25, 0.3) is 0 Å². The van der Waals surface area contributed by atoms with Gasteiger partial charge in [-0.3, -0.25) is 0 Å². The van der Waals surface area contributed by atoms with Crippen LogP contribution in [0.4, 0.5) is 0 Å². The predicted molar refractivity (Wildman–Crippen MR) is 98.7 cm³/mol. The van der Waals surface area contributed by atoms with Crippen LogP contribution in [0.5, 0.6) is 0 Å². The average Bonchev–Trinajstić information content (AvgIpc) is 2.75. The standard InChI is InChI=1S/C18H27Br2N/c1-2-11-21-18(12-14-7-5-3-4-6-8-14)16-13-15(19)9-10-17(16)20/h9-10,13-14,18,21H,2-8,11-12H2,1H3. The van der Waals surface area contributed by atoms with Crippen LogP contribution in [-0.2, 0) is 0 Å². The van der Waals surface area contributed by atoms with E-state index in [1.165, 1.54) is 65.9 Å². The van der Waals surface area contributed by atoms with E-state index in [-0.39, 0.29) is 0 Å². The molecule has 0 aromatic heterocycles. The molecule has 3 heteroatoms. The Bertz CT molecular complexity index is 425. The van der Waals surface area contributed by atoms with Crippen LogP contribution < -0.4 is 5.32 Å². The van der Waals surface area contributed by atoms with Gasteiger partial charge in [0.1, 0.15) is 0 Å². The third kappa shape index (κ3) is 5.69. The van der Waals surface area contributed by atoms with Gasteiger partial charge >= 0.3 is 0 Å². The zero-order valence-electron chi connectivity index (χ0n) is 13.0. The summed E-state index contributed by atoms with van der Waals surface area (Å²) in [5.74, 6) is 0.882. The van der Waals surface area contributed by atoms with Crippen LogP contribution in [0, 0.1) is 5.92 Å². The molecular weight excluding hydrogens is 390 g/mol. The zero-order chi connectivity index (χ0) is 15.1. The van der Waals surface area contributed by atoms with E-state index in [4.69, 9.17) is 0 Å². The Kier molecular flexibility index (Phi) is 7.76. The lowest BCUT2D eigenvalue weighted by molar-refractivity contribution is 0.355. The Balaban J connectivity index is 2.10. The van der Waals surface area contributed by atoms with E-state index in [2.05, 4.69) is 62.3 Å². The van der Waals surface area contributed by atoms with Gasteiger partial charge in [-0.15, -0.1) is 0 Å². The number of rotatable bonds is 6. The van der Waals surface area contributed by atoms with Crippen LogP contribution in [0.15, 0.2) is 27.1 Å². The number of benzene rings is 1. The molecule has 0 aliphatic heterocycles. The molecule has 1 aromatic carbocycles. The summed E-state index contributed by atoms with van der Waals surface area (Å²) >= 11 is 7.36. The molecule has 0 heterocycles. The largest absolute Gasteiger partial charge is 0.310 e. The smallest absolute Gasteiger partial charge is 0.0334 e. The van der Waals surface area contributed by atoms with Crippen molar-refractivity contribution >= 4 is 31.9 Å². The van der Waals surface area contributed by atoms with Crippen molar-refractivity contribution < 1.29 is 0 Å².